The van der Waals surface area contributed by atoms with Crippen molar-refractivity contribution >= 4 is 33.6 Å². The maximum absolute atomic E-state index is 9.12. The first-order chi connectivity index (χ1) is 13.7. The van der Waals surface area contributed by atoms with Gasteiger partial charge in [0.15, 0.2) is 0 Å². The minimum Gasteiger partial charge on any atom is -0.349 e. The normalized spacial score (nSPS) is 15.1. The quantitative estimate of drug-likeness (QED) is 0.512. The van der Waals surface area contributed by atoms with Gasteiger partial charge in [0.1, 0.15) is 17.5 Å². The van der Waals surface area contributed by atoms with Gasteiger partial charge in [0, 0.05) is 24.8 Å². The Kier molecular flexibility index (Phi) is 3.99. The van der Waals surface area contributed by atoms with E-state index in [0.29, 0.717) is 22.9 Å². The van der Waals surface area contributed by atoms with Crippen LogP contribution in [0.1, 0.15) is 29.9 Å². The lowest BCUT2D eigenvalue weighted by atomic mass is 9.91. The van der Waals surface area contributed by atoms with Crippen molar-refractivity contribution in [2.24, 2.45) is 7.05 Å². The number of nitriles is 1. The zero-order valence-corrected chi connectivity index (χ0v) is 15.7. The van der Waals surface area contributed by atoms with E-state index in [1.807, 2.05) is 18.3 Å². The van der Waals surface area contributed by atoms with Gasteiger partial charge in [-0.05, 0) is 55.6 Å². The lowest BCUT2D eigenvalue weighted by Crippen LogP contribution is -2.26. The van der Waals surface area contributed by atoms with Crippen LogP contribution in [-0.4, -0.2) is 32.6 Å². The number of aryl methyl sites for hydroxylation is 1. The summed E-state index contributed by atoms with van der Waals surface area (Å²) in [5.41, 5.74) is 5.75. The van der Waals surface area contributed by atoms with Crippen LogP contribution in [0.2, 0.25) is 0 Å². The van der Waals surface area contributed by atoms with Crippen molar-refractivity contribution in [1.82, 2.24) is 24.8 Å². The molecule has 7 heteroatoms. The van der Waals surface area contributed by atoms with Gasteiger partial charge in [-0.25, -0.2) is 4.98 Å². The molecule has 0 atom stereocenters. The monoisotopic (exact) mass is 371 g/mol. The number of nitrogens with zero attached hydrogens (tertiary/aromatic N) is 4. The van der Waals surface area contributed by atoms with Gasteiger partial charge in [-0.3, -0.25) is 4.98 Å². The third kappa shape index (κ3) is 2.79. The molecule has 4 aromatic rings. The Morgan fingerprint density at radius 2 is 2.14 bits per heavy atom. The number of hydrogen-bond donors (Lipinski definition) is 3. The first-order valence-corrected chi connectivity index (χ1v) is 9.54. The predicted molar refractivity (Wildman–Crippen MR) is 110 cm³/mol. The number of aromatic nitrogens is 4. The van der Waals surface area contributed by atoms with E-state index in [0.717, 1.165) is 48.0 Å². The second kappa shape index (κ2) is 6.66. The van der Waals surface area contributed by atoms with Crippen molar-refractivity contribution in [3.05, 3.63) is 47.9 Å². The molecule has 3 N–H and O–H groups in total. The van der Waals surface area contributed by atoms with Crippen LogP contribution in [0.5, 0.6) is 0 Å². The highest BCUT2D eigenvalue weighted by Crippen LogP contribution is 2.32. The SMILES string of the molecule is Cn1cc(C2CCNCC2)c2ncc(Nc3ccc4c(C#N)c[nH]c4n3)cc21. The Bertz CT molecular complexity index is 1200. The van der Waals surface area contributed by atoms with Crippen molar-refractivity contribution < 1.29 is 0 Å². The molecule has 0 amide bonds. The average molecular weight is 371 g/mol. The van der Waals surface area contributed by atoms with Crippen molar-refractivity contribution in [3.8, 4) is 6.07 Å². The molecule has 0 aliphatic carbocycles. The van der Waals surface area contributed by atoms with Gasteiger partial charge in [0.25, 0.3) is 0 Å². The number of hydrogen-bond acceptors (Lipinski definition) is 5. The molecule has 4 aromatic heterocycles. The van der Waals surface area contributed by atoms with Gasteiger partial charge in [-0.1, -0.05) is 0 Å². The Labute approximate surface area is 162 Å². The minimum atomic E-state index is 0.572. The lowest BCUT2D eigenvalue weighted by Gasteiger charge is -2.21. The Balaban J connectivity index is 1.47. The van der Waals surface area contributed by atoms with E-state index in [-0.39, 0.29) is 0 Å². The van der Waals surface area contributed by atoms with E-state index >= 15 is 0 Å². The second-order valence-corrected chi connectivity index (χ2v) is 7.34. The highest BCUT2D eigenvalue weighted by Gasteiger charge is 2.20. The fourth-order valence-electron chi connectivity index (χ4n) is 4.10. The third-order valence-electron chi connectivity index (χ3n) is 5.56. The maximum Gasteiger partial charge on any atom is 0.141 e. The van der Waals surface area contributed by atoms with Crippen LogP contribution in [0.4, 0.5) is 11.5 Å². The van der Waals surface area contributed by atoms with Gasteiger partial charge < -0.3 is 20.2 Å². The summed E-state index contributed by atoms with van der Waals surface area (Å²) >= 11 is 0. The molecule has 5 rings (SSSR count). The molecule has 0 saturated carbocycles. The molecule has 0 radical (unpaired) electrons. The molecule has 1 saturated heterocycles. The first-order valence-electron chi connectivity index (χ1n) is 9.54. The summed E-state index contributed by atoms with van der Waals surface area (Å²) < 4.78 is 2.16. The van der Waals surface area contributed by atoms with Crippen LogP contribution in [0.15, 0.2) is 36.8 Å². The number of anilines is 2. The zero-order valence-electron chi connectivity index (χ0n) is 15.7. The molecule has 0 unspecified atom stereocenters. The number of aromatic amines is 1. The Morgan fingerprint density at radius 3 is 2.96 bits per heavy atom. The smallest absolute Gasteiger partial charge is 0.141 e. The fourth-order valence-corrected chi connectivity index (χ4v) is 4.10. The van der Waals surface area contributed by atoms with Crippen molar-refractivity contribution in [3.63, 3.8) is 0 Å². The number of fused-ring (bicyclic) bond motifs is 2. The standard InChI is InChI=1S/C21H21N7/c1-28-12-17(13-4-6-23-7-5-13)20-18(28)8-15(11-24-20)26-19-3-2-16-14(9-22)10-25-21(16)27-19/h2-3,8,10-13,23H,4-7H2,1H3,(H2,25,26,27). The van der Waals surface area contributed by atoms with Crippen LogP contribution < -0.4 is 10.6 Å². The predicted octanol–water partition coefficient (Wildman–Crippen LogP) is 3.53. The van der Waals surface area contributed by atoms with Crippen molar-refractivity contribution in [2.75, 3.05) is 18.4 Å². The minimum absolute atomic E-state index is 0.572. The fraction of sp³-hybridized carbons (Fsp3) is 0.286. The molecule has 1 fully saturated rings. The summed E-state index contributed by atoms with van der Waals surface area (Å²) in [7, 11) is 2.07. The largest absolute Gasteiger partial charge is 0.349 e. The molecule has 1 aliphatic rings. The molecule has 28 heavy (non-hydrogen) atoms. The summed E-state index contributed by atoms with van der Waals surface area (Å²) in [4.78, 5) is 12.4. The number of pyridine rings is 2. The third-order valence-corrected chi connectivity index (χ3v) is 5.56. The summed E-state index contributed by atoms with van der Waals surface area (Å²) in [6.07, 6.45) is 8.09. The summed E-state index contributed by atoms with van der Waals surface area (Å²) in [5.74, 6) is 1.29. The zero-order chi connectivity index (χ0) is 19.1. The van der Waals surface area contributed by atoms with Gasteiger partial charge in [0.2, 0.25) is 0 Å². The Hall–Kier alpha value is -3.37. The van der Waals surface area contributed by atoms with Gasteiger partial charge >= 0.3 is 0 Å². The number of H-pyrrole nitrogens is 1. The average Bonchev–Trinajstić information content (AvgIpc) is 3.29. The van der Waals surface area contributed by atoms with Gasteiger partial charge in [-0.2, -0.15) is 5.26 Å². The topological polar surface area (TPSA) is 94.4 Å². The molecular weight excluding hydrogens is 350 g/mol. The number of piperidine rings is 1. The van der Waals surface area contributed by atoms with E-state index in [1.54, 1.807) is 6.20 Å². The molecule has 0 aromatic carbocycles. The molecule has 140 valence electrons. The highest BCUT2D eigenvalue weighted by molar-refractivity contribution is 5.86. The summed E-state index contributed by atoms with van der Waals surface area (Å²) in [6.45, 7) is 2.14. The molecule has 0 spiro atoms. The van der Waals surface area contributed by atoms with Crippen LogP contribution in [0, 0.1) is 11.3 Å². The first kappa shape index (κ1) is 16.8. The highest BCUT2D eigenvalue weighted by atomic mass is 15.0. The van der Waals surface area contributed by atoms with E-state index in [9.17, 15) is 0 Å². The lowest BCUT2D eigenvalue weighted by molar-refractivity contribution is 0.461. The van der Waals surface area contributed by atoms with E-state index in [2.05, 4.69) is 50.5 Å². The van der Waals surface area contributed by atoms with Gasteiger partial charge in [-0.15, -0.1) is 0 Å². The summed E-state index contributed by atoms with van der Waals surface area (Å²) in [6, 6.07) is 8.07. The van der Waals surface area contributed by atoms with E-state index in [4.69, 9.17) is 10.2 Å². The molecule has 7 nitrogen and oxygen atoms in total. The number of rotatable bonds is 3. The molecule has 0 bridgehead atoms. The Morgan fingerprint density at radius 1 is 1.29 bits per heavy atom. The van der Waals surface area contributed by atoms with E-state index < -0.39 is 0 Å². The maximum atomic E-state index is 9.12. The molecule has 5 heterocycles. The second-order valence-electron chi connectivity index (χ2n) is 7.34. The summed E-state index contributed by atoms with van der Waals surface area (Å²) in [5, 5.41) is 16.7. The van der Waals surface area contributed by atoms with Crippen LogP contribution in [-0.2, 0) is 7.05 Å². The molecule has 1 aliphatic heterocycles. The van der Waals surface area contributed by atoms with E-state index in [1.165, 1.54) is 5.56 Å². The van der Waals surface area contributed by atoms with Crippen molar-refractivity contribution in [1.29, 1.82) is 5.26 Å². The van der Waals surface area contributed by atoms with Crippen LogP contribution in [0.3, 0.4) is 0 Å². The van der Waals surface area contributed by atoms with Crippen LogP contribution in [0.25, 0.3) is 22.1 Å². The van der Waals surface area contributed by atoms with Gasteiger partial charge in [0.05, 0.1) is 28.5 Å². The molecular formula is C21H21N7. The van der Waals surface area contributed by atoms with Crippen LogP contribution >= 0.6 is 0 Å². The van der Waals surface area contributed by atoms with Crippen molar-refractivity contribution in [2.45, 2.75) is 18.8 Å². The number of nitrogens with one attached hydrogen (secondary N) is 3.